The Kier molecular flexibility index (Phi) is 9.42. The maximum Gasteiger partial charge on any atom is 0.310 e. The van der Waals surface area contributed by atoms with E-state index in [0.717, 1.165) is 47.1 Å². The van der Waals surface area contributed by atoms with Crippen molar-refractivity contribution >= 4 is 38.8 Å². The summed E-state index contributed by atoms with van der Waals surface area (Å²) >= 11 is 0. The molecule has 1 aliphatic heterocycles. The van der Waals surface area contributed by atoms with Crippen LogP contribution in [0.15, 0.2) is 54.1 Å². The monoisotopic (exact) mass is 677 g/mol. The molecule has 0 radical (unpaired) electrons. The quantitative estimate of drug-likeness (QED) is 0.266. The maximum atomic E-state index is 14.4. The second-order valence-electron chi connectivity index (χ2n) is 13.2. The third-order valence-corrected chi connectivity index (χ3v) is 10.0. The first kappa shape index (κ1) is 35.0. The van der Waals surface area contributed by atoms with Crippen molar-refractivity contribution in [3.63, 3.8) is 0 Å². The normalized spacial score (nSPS) is 16.0. The van der Waals surface area contributed by atoms with Gasteiger partial charge in [0.25, 0.3) is 5.91 Å². The van der Waals surface area contributed by atoms with Gasteiger partial charge in [0.05, 0.1) is 36.6 Å². The predicted octanol–water partition coefficient (Wildman–Crippen LogP) is 6.69. The molecule has 48 heavy (non-hydrogen) atoms. The smallest absolute Gasteiger partial charge is 0.310 e. The van der Waals surface area contributed by atoms with Gasteiger partial charge >= 0.3 is 5.97 Å². The van der Waals surface area contributed by atoms with E-state index in [4.69, 9.17) is 4.74 Å². The van der Waals surface area contributed by atoms with Crippen molar-refractivity contribution in [3.8, 4) is 11.1 Å². The number of ether oxygens (including phenoxy) is 1. The van der Waals surface area contributed by atoms with Crippen LogP contribution in [0.1, 0.15) is 84.8 Å². The minimum atomic E-state index is -3.90. The average molecular weight is 678 g/mol. The summed E-state index contributed by atoms with van der Waals surface area (Å²) < 4.78 is 61.6. The minimum Gasteiger partial charge on any atom is -0.847 e. The first-order valence-corrected chi connectivity index (χ1v) is 17.5. The highest BCUT2D eigenvalue weighted by Gasteiger charge is 2.38. The molecule has 1 amide bonds. The van der Waals surface area contributed by atoms with Crippen LogP contribution in [0, 0.1) is 25.5 Å². The summed E-state index contributed by atoms with van der Waals surface area (Å²) in [6.45, 7) is 10.0. The van der Waals surface area contributed by atoms with Crippen molar-refractivity contribution in [1.82, 2.24) is 0 Å². The number of hydrogen-bond acceptors (Lipinski definition) is 6. The zero-order valence-electron chi connectivity index (χ0n) is 28.1. The van der Waals surface area contributed by atoms with Crippen molar-refractivity contribution in [2.24, 2.45) is 0 Å². The number of anilines is 2. The van der Waals surface area contributed by atoms with E-state index < -0.39 is 45.2 Å². The first-order valence-electron chi connectivity index (χ1n) is 15.7. The number of rotatable bonds is 8. The lowest BCUT2D eigenvalue weighted by Gasteiger charge is -2.40. The molecule has 0 saturated carbocycles. The lowest BCUT2D eigenvalue weighted by Crippen LogP contribution is -2.42. The number of benzene rings is 3. The van der Waals surface area contributed by atoms with E-state index in [9.17, 15) is 31.9 Å². The highest BCUT2D eigenvalue weighted by Crippen LogP contribution is 2.53. The fourth-order valence-electron chi connectivity index (χ4n) is 6.57. The molecule has 1 heterocycles. The SMILES string of the molecule is CC1=CC=C(c2c(C)c3c(c(C)c2CC(=O)OCC(C)(C)[O-])N(S(C)(=O)=O)[C@H](C)c2cc(NC(=O)c4ccc(F)cc4F)ccc2-3)CC1. The first-order chi connectivity index (χ1) is 22.4. The Bertz CT molecular complexity index is 2010. The van der Waals surface area contributed by atoms with E-state index >= 15 is 0 Å². The van der Waals surface area contributed by atoms with Gasteiger partial charge in [-0.05, 0) is 104 Å². The molecule has 8 nitrogen and oxygen atoms in total. The van der Waals surface area contributed by atoms with Crippen LogP contribution >= 0.6 is 0 Å². The Morgan fingerprint density at radius 3 is 2.33 bits per heavy atom. The third-order valence-electron chi connectivity index (χ3n) is 8.81. The molecule has 3 aromatic carbocycles. The van der Waals surface area contributed by atoms with Crippen LogP contribution in [0.5, 0.6) is 0 Å². The molecule has 1 N–H and O–H groups in total. The standard InChI is InChI=1S/C37H39F2N2O6S/c1-20-8-10-24(11-9-20)33-22(3)34-27-15-13-26(40-36(43)28-14-12-25(38)16-31(28)39)17-30(27)23(4)41(48(7,45)46)35(34)21(2)29(33)18-32(42)47-19-37(5,6)44/h8,10,12-17,23H,9,11,18-19H2,1-7H3,(H,40,43)/q-1/t23-/m1/s1. The van der Waals surface area contributed by atoms with Gasteiger partial charge in [-0.1, -0.05) is 43.2 Å². The van der Waals surface area contributed by atoms with E-state index in [-0.39, 0.29) is 18.6 Å². The summed E-state index contributed by atoms with van der Waals surface area (Å²) in [5, 5.41) is 14.8. The van der Waals surface area contributed by atoms with E-state index in [1.165, 1.54) is 23.7 Å². The summed E-state index contributed by atoms with van der Waals surface area (Å²) in [7, 11) is -3.90. The van der Waals surface area contributed by atoms with Gasteiger partial charge in [0.15, 0.2) is 0 Å². The van der Waals surface area contributed by atoms with Crippen LogP contribution in [-0.4, -0.2) is 38.8 Å². The topological polar surface area (TPSA) is 116 Å². The summed E-state index contributed by atoms with van der Waals surface area (Å²) in [4.78, 5) is 26.1. The van der Waals surface area contributed by atoms with Gasteiger partial charge < -0.3 is 15.2 Å². The molecule has 1 atom stereocenters. The van der Waals surface area contributed by atoms with Gasteiger partial charge in [-0.25, -0.2) is 17.2 Å². The largest absolute Gasteiger partial charge is 0.847 e. The highest BCUT2D eigenvalue weighted by atomic mass is 32.2. The summed E-state index contributed by atoms with van der Waals surface area (Å²) in [5.74, 6) is -3.18. The van der Waals surface area contributed by atoms with Gasteiger partial charge in [0.2, 0.25) is 10.0 Å². The zero-order valence-corrected chi connectivity index (χ0v) is 28.9. The lowest BCUT2D eigenvalue weighted by atomic mass is 9.78. The molecule has 5 rings (SSSR count). The number of carbonyl (C=O) groups is 2. The van der Waals surface area contributed by atoms with Crippen LogP contribution in [0.2, 0.25) is 0 Å². The predicted molar refractivity (Wildman–Crippen MR) is 181 cm³/mol. The van der Waals surface area contributed by atoms with Crippen molar-refractivity contribution < 1.29 is 36.6 Å². The minimum absolute atomic E-state index is 0.158. The number of nitrogens with zero attached hydrogens (tertiary/aromatic N) is 1. The number of allylic oxidation sites excluding steroid dienone is 4. The van der Waals surface area contributed by atoms with Crippen LogP contribution in [-0.2, 0) is 26.0 Å². The fourth-order valence-corrected chi connectivity index (χ4v) is 7.81. The Morgan fingerprint density at radius 1 is 1.02 bits per heavy atom. The Morgan fingerprint density at radius 2 is 1.73 bits per heavy atom. The van der Waals surface area contributed by atoms with Gasteiger partial charge in [-0.15, -0.1) is 0 Å². The summed E-state index contributed by atoms with van der Waals surface area (Å²) in [5.41, 5.74) is 6.01. The number of halogens is 2. The number of nitrogens with one attached hydrogen (secondary N) is 1. The van der Waals surface area contributed by atoms with Crippen LogP contribution in [0.3, 0.4) is 0 Å². The molecule has 254 valence electrons. The number of sulfonamides is 1. The molecule has 0 unspecified atom stereocenters. The lowest BCUT2D eigenvalue weighted by molar-refractivity contribution is -0.470. The molecule has 0 spiro atoms. The molecular weight excluding hydrogens is 638 g/mol. The number of fused-ring (bicyclic) bond motifs is 3. The number of carbonyl (C=O) groups excluding carboxylic acids is 2. The van der Waals surface area contributed by atoms with E-state index in [2.05, 4.69) is 5.32 Å². The second kappa shape index (κ2) is 12.9. The molecule has 11 heteroatoms. The number of esters is 1. The fraction of sp³-hybridized carbons (Fsp3) is 0.351. The van der Waals surface area contributed by atoms with Crippen LogP contribution < -0.4 is 14.7 Å². The van der Waals surface area contributed by atoms with Crippen molar-refractivity contribution in [1.29, 1.82) is 0 Å². The van der Waals surface area contributed by atoms with Gasteiger partial charge in [-0.2, -0.15) is 0 Å². The van der Waals surface area contributed by atoms with Crippen LogP contribution in [0.4, 0.5) is 20.2 Å². The Labute approximate surface area is 280 Å². The summed E-state index contributed by atoms with van der Waals surface area (Å²) in [6.07, 6.45) is 6.54. The zero-order chi connectivity index (χ0) is 35.3. The molecule has 1 aliphatic carbocycles. The molecule has 0 fully saturated rings. The van der Waals surface area contributed by atoms with Gasteiger partial charge in [0, 0.05) is 17.3 Å². The molecular formula is C37H39F2N2O6S-. The van der Waals surface area contributed by atoms with Crippen molar-refractivity contribution in [2.75, 3.05) is 22.5 Å². The molecule has 0 bridgehead atoms. The summed E-state index contributed by atoms with van der Waals surface area (Å²) in [6, 6.07) is 7.06. The van der Waals surface area contributed by atoms with Gasteiger partial charge in [-0.3, -0.25) is 13.9 Å². The maximum absolute atomic E-state index is 14.4. The molecule has 3 aromatic rings. The van der Waals surface area contributed by atoms with Crippen molar-refractivity contribution in [2.45, 2.75) is 72.4 Å². The second-order valence-corrected chi connectivity index (χ2v) is 15.1. The van der Waals surface area contributed by atoms with E-state index in [0.29, 0.717) is 46.1 Å². The molecule has 2 aliphatic rings. The average Bonchev–Trinajstić information content (AvgIpc) is 2.98. The molecule has 0 saturated heterocycles. The Hall–Kier alpha value is -4.35. The van der Waals surface area contributed by atoms with Gasteiger partial charge in [0.1, 0.15) is 11.6 Å². The Balaban J connectivity index is 1.70. The number of amides is 1. The van der Waals surface area contributed by atoms with E-state index in [1.54, 1.807) is 32.0 Å². The van der Waals surface area contributed by atoms with E-state index in [1.807, 2.05) is 26.0 Å². The van der Waals surface area contributed by atoms with Crippen LogP contribution in [0.25, 0.3) is 16.7 Å². The highest BCUT2D eigenvalue weighted by molar-refractivity contribution is 7.92. The number of hydrogen-bond donors (Lipinski definition) is 1. The third kappa shape index (κ3) is 6.93. The van der Waals surface area contributed by atoms with Crippen molar-refractivity contribution in [3.05, 3.63) is 99.1 Å². The molecule has 0 aromatic heterocycles.